The zero-order valence-electron chi connectivity index (χ0n) is 11.3. The maximum Gasteiger partial charge on any atom is 0.0463 e. The summed E-state index contributed by atoms with van der Waals surface area (Å²) in [5, 5.41) is 3.42. The van der Waals surface area contributed by atoms with E-state index in [1.165, 1.54) is 31.9 Å². The van der Waals surface area contributed by atoms with Crippen LogP contribution < -0.4 is 5.32 Å². The Morgan fingerprint density at radius 2 is 1.88 bits per heavy atom. The lowest BCUT2D eigenvalue weighted by Gasteiger charge is -2.38. The highest BCUT2D eigenvalue weighted by Gasteiger charge is 2.20. The Kier molecular flexibility index (Phi) is 5.85. The number of rotatable bonds is 5. The lowest BCUT2D eigenvalue weighted by atomic mass is 10.1. The van der Waals surface area contributed by atoms with Gasteiger partial charge >= 0.3 is 0 Å². The van der Waals surface area contributed by atoms with Crippen molar-refractivity contribution in [2.45, 2.75) is 32.7 Å². The molecule has 1 aliphatic rings. The molecule has 0 saturated carbocycles. The summed E-state index contributed by atoms with van der Waals surface area (Å²) in [6.07, 6.45) is 4.67. The van der Waals surface area contributed by atoms with Crippen LogP contribution in [0.25, 0.3) is 0 Å². The van der Waals surface area contributed by atoms with Crippen LogP contribution in [-0.2, 0) is 0 Å². The highest BCUT2D eigenvalue weighted by molar-refractivity contribution is 5.10. The van der Waals surface area contributed by atoms with Gasteiger partial charge in [0.25, 0.3) is 0 Å². The smallest absolute Gasteiger partial charge is 0.0463 e. The van der Waals surface area contributed by atoms with Gasteiger partial charge in [0, 0.05) is 37.9 Å². The maximum atomic E-state index is 3.42. The molecule has 3 nitrogen and oxygen atoms in total. The fourth-order valence-electron chi connectivity index (χ4n) is 2.33. The molecule has 0 aromatic rings. The molecule has 1 heterocycles. The molecule has 1 atom stereocenters. The third-order valence-electron chi connectivity index (χ3n) is 3.40. The van der Waals surface area contributed by atoms with E-state index >= 15 is 0 Å². The minimum Gasteiger partial charge on any atom is -0.371 e. The molecule has 0 aromatic heterocycles. The molecule has 1 N–H and O–H groups in total. The summed E-state index contributed by atoms with van der Waals surface area (Å²) < 4.78 is 0. The van der Waals surface area contributed by atoms with E-state index in [2.05, 4.69) is 49.1 Å². The zero-order chi connectivity index (χ0) is 12.0. The standard InChI is InChI=1S/C13H27N3/c1-5-7-13(12(6-2)14-3)16-10-8-15(4)9-11-16/h7,12,14H,5-6,8-11H2,1-4H3/b13-7-. The molecule has 1 rings (SSSR count). The third kappa shape index (κ3) is 3.49. The van der Waals surface area contributed by atoms with Crippen molar-refractivity contribution in [1.82, 2.24) is 15.1 Å². The lowest BCUT2D eigenvalue weighted by molar-refractivity contribution is 0.175. The molecular formula is C13H27N3. The summed E-state index contributed by atoms with van der Waals surface area (Å²) in [5.74, 6) is 0. The zero-order valence-corrected chi connectivity index (χ0v) is 11.3. The summed E-state index contributed by atoms with van der Waals surface area (Å²) in [4.78, 5) is 4.95. The first-order valence-corrected chi connectivity index (χ1v) is 6.53. The molecule has 16 heavy (non-hydrogen) atoms. The number of hydrogen-bond acceptors (Lipinski definition) is 3. The monoisotopic (exact) mass is 225 g/mol. The molecule has 0 amide bonds. The molecule has 94 valence electrons. The Bertz CT molecular complexity index is 213. The van der Waals surface area contributed by atoms with Crippen molar-refractivity contribution >= 4 is 0 Å². The minimum absolute atomic E-state index is 0.517. The van der Waals surface area contributed by atoms with Crippen molar-refractivity contribution < 1.29 is 0 Å². The SMILES string of the molecule is CC/C=C(/C(CC)NC)N1CCN(C)CC1. The van der Waals surface area contributed by atoms with Crippen LogP contribution in [0.3, 0.4) is 0 Å². The van der Waals surface area contributed by atoms with E-state index in [0.717, 1.165) is 12.8 Å². The number of nitrogens with one attached hydrogen (secondary N) is 1. The second-order valence-electron chi connectivity index (χ2n) is 4.58. The largest absolute Gasteiger partial charge is 0.371 e. The van der Waals surface area contributed by atoms with Gasteiger partial charge < -0.3 is 15.1 Å². The van der Waals surface area contributed by atoms with Crippen LogP contribution in [-0.4, -0.2) is 56.1 Å². The van der Waals surface area contributed by atoms with Crippen molar-refractivity contribution in [3.8, 4) is 0 Å². The quantitative estimate of drug-likeness (QED) is 0.765. The normalized spacial score (nSPS) is 21.2. The second kappa shape index (κ2) is 6.92. The van der Waals surface area contributed by atoms with Gasteiger partial charge in [0.05, 0.1) is 0 Å². The first-order chi connectivity index (χ1) is 7.72. The molecule has 0 bridgehead atoms. The first-order valence-electron chi connectivity index (χ1n) is 6.53. The second-order valence-corrected chi connectivity index (χ2v) is 4.58. The van der Waals surface area contributed by atoms with Crippen LogP contribution in [0.5, 0.6) is 0 Å². The van der Waals surface area contributed by atoms with E-state index in [-0.39, 0.29) is 0 Å². The van der Waals surface area contributed by atoms with E-state index in [9.17, 15) is 0 Å². The van der Waals surface area contributed by atoms with Gasteiger partial charge in [-0.15, -0.1) is 0 Å². The van der Waals surface area contributed by atoms with Crippen molar-refractivity contribution in [3.63, 3.8) is 0 Å². The van der Waals surface area contributed by atoms with Crippen LogP contribution >= 0.6 is 0 Å². The highest BCUT2D eigenvalue weighted by atomic mass is 15.3. The van der Waals surface area contributed by atoms with Crippen LogP contribution in [0.4, 0.5) is 0 Å². The Balaban J connectivity index is 2.66. The first kappa shape index (κ1) is 13.5. The van der Waals surface area contributed by atoms with Crippen LogP contribution in [0, 0.1) is 0 Å². The summed E-state index contributed by atoms with van der Waals surface area (Å²) in [7, 11) is 4.27. The van der Waals surface area contributed by atoms with Gasteiger partial charge in [0.15, 0.2) is 0 Å². The molecule has 0 spiro atoms. The predicted molar refractivity (Wildman–Crippen MR) is 70.6 cm³/mol. The molecule has 1 saturated heterocycles. The van der Waals surface area contributed by atoms with Crippen LogP contribution in [0.1, 0.15) is 26.7 Å². The minimum atomic E-state index is 0.517. The van der Waals surface area contributed by atoms with Gasteiger partial charge in [0.2, 0.25) is 0 Å². The van der Waals surface area contributed by atoms with Gasteiger partial charge in [0.1, 0.15) is 0 Å². The summed E-state index contributed by atoms with van der Waals surface area (Å²) in [6, 6.07) is 0.517. The van der Waals surface area contributed by atoms with Crippen molar-refractivity contribution in [2.75, 3.05) is 40.3 Å². The van der Waals surface area contributed by atoms with E-state index < -0.39 is 0 Å². The van der Waals surface area contributed by atoms with Gasteiger partial charge in [-0.25, -0.2) is 0 Å². The van der Waals surface area contributed by atoms with Gasteiger partial charge in [-0.2, -0.15) is 0 Å². The van der Waals surface area contributed by atoms with Crippen molar-refractivity contribution in [3.05, 3.63) is 11.8 Å². The number of nitrogens with zero attached hydrogens (tertiary/aromatic N) is 2. The molecule has 3 heteroatoms. The van der Waals surface area contributed by atoms with E-state index in [4.69, 9.17) is 0 Å². The van der Waals surface area contributed by atoms with Crippen molar-refractivity contribution in [2.24, 2.45) is 0 Å². The van der Waals surface area contributed by atoms with E-state index in [1.54, 1.807) is 0 Å². The Morgan fingerprint density at radius 1 is 1.25 bits per heavy atom. The fraction of sp³-hybridized carbons (Fsp3) is 0.846. The average Bonchev–Trinajstić information content (AvgIpc) is 2.31. The highest BCUT2D eigenvalue weighted by Crippen LogP contribution is 2.15. The topological polar surface area (TPSA) is 18.5 Å². The summed E-state index contributed by atoms with van der Waals surface area (Å²) >= 11 is 0. The van der Waals surface area contributed by atoms with Crippen LogP contribution in [0.2, 0.25) is 0 Å². The Labute approximate surface area is 100 Å². The molecule has 0 radical (unpaired) electrons. The fourth-order valence-corrected chi connectivity index (χ4v) is 2.33. The maximum absolute atomic E-state index is 3.42. The van der Waals surface area contributed by atoms with Gasteiger partial charge in [-0.05, 0) is 26.9 Å². The number of likely N-dealkylation sites (N-methyl/N-ethyl adjacent to an activating group) is 2. The number of allylic oxidation sites excluding steroid dienone is 1. The van der Waals surface area contributed by atoms with E-state index in [1.807, 2.05) is 0 Å². The Morgan fingerprint density at radius 3 is 2.31 bits per heavy atom. The van der Waals surface area contributed by atoms with Crippen molar-refractivity contribution in [1.29, 1.82) is 0 Å². The predicted octanol–water partition coefficient (Wildman–Crippen LogP) is 1.53. The lowest BCUT2D eigenvalue weighted by Crippen LogP contribution is -2.47. The van der Waals surface area contributed by atoms with Gasteiger partial charge in [-0.1, -0.05) is 19.9 Å². The number of piperazine rings is 1. The molecule has 1 aliphatic heterocycles. The van der Waals surface area contributed by atoms with Crippen LogP contribution in [0.15, 0.2) is 11.8 Å². The third-order valence-corrected chi connectivity index (χ3v) is 3.40. The molecule has 1 unspecified atom stereocenters. The Hall–Kier alpha value is -0.540. The average molecular weight is 225 g/mol. The molecule has 0 aromatic carbocycles. The van der Waals surface area contributed by atoms with E-state index in [0.29, 0.717) is 6.04 Å². The molecule has 1 fully saturated rings. The van der Waals surface area contributed by atoms with Gasteiger partial charge in [-0.3, -0.25) is 0 Å². The number of hydrogen-bond donors (Lipinski definition) is 1. The molecular weight excluding hydrogens is 198 g/mol. The summed E-state index contributed by atoms with van der Waals surface area (Å²) in [5.41, 5.74) is 1.50. The molecule has 0 aliphatic carbocycles. The summed E-state index contributed by atoms with van der Waals surface area (Å²) in [6.45, 7) is 9.17.